The summed E-state index contributed by atoms with van der Waals surface area (Å²) in [5, 5.41) is 43.7. The van der Waals surface area contributed by atoms with Crippen LogP contribution in [0.25, 0.3) is 0 Å². The fraction of sp³-hybridized carbons (Fsp3) is 0.750. The number of aromatic nitrogens is 3. The Morgan fingerprint density at radius 3 is 2.71 bits per heavy atom. The van der Waals surface area contributed by atoms with Crippen molar-refractivity contribution in [3.63, 3.8) is 0 Å². The van der Waals surface area contributed by atoms with Gasteiger partial charge in [-0.2, -0.15) is 0 Å². The number of rotatable bonds is 2. The van der Waals surface area contributed by atoms with Crippen LogP contribution in [0.5, 0.6) is 0 Å². The largest absolute Gasteiger partial charge is 0.390 e. The lowest BCUT2D eigenvalue weighted by Gasteiger charge is -2.33. The van der Waals surface area contributed by atoms with Gasteiger partial charge < -0.3 is 20.4 Å². The van der Waals surface area contributed by atoms with Crippen molar-refractivity contribution in [1.29, 1.82) is 0 Å². The van der Waals surface area contributed by atoms with E-state index in [1.165, 1.54) is 6.20 Å². The summed E-state index contributed by atoms with van der Waals surface area (Å²) >= 11 is 0. The van der Waals surface area contributed by atoms with Crippen molar-refractivity contribution in [2.24, 2.45) is 0 Å². The molecule has 1 fully saturated rings. The number of hydrogen-bond acceptors (Lipinski definition) is 7. The van der Waals surface area contributed by atoms with Crippen LogP contribution in [0, 0.1) is 0 Å². The van der Waals surface area contributed by atoms with Crippen LogP contribution in [0.3, 0.4) is 0 Å². The first-order chi connectivity index (χ1) is 8.04. The molecule has 2 heterocycles. The highest BCUT2D eigenvalue weighted by molar-refractivity contribution is 7.85. The first-order valence-electron chi connectivity index (χ1n) is 4.97. The molecule has 0 spiro atoms. The third kappa shape index (κ3) is 2.24. The van der Waals surface area contributed by atoms with Crippen molar-refractivity contribution in [3.8, 4) is 0 Å². The van der Waals surface area contributed by atoms with Crippen LogP contribution in [0.15, 0.2) is 6.20 Å². The van der Waals surface area contributed by atoms with Gasteiger partial charge >= 0.3 is 0 Å². The van der Waals surface area contributed by atoms with E-state index in [2.05, 4.69) is 10.3 Å². The average molecular weight is 263 g/mol. The lowest BCUT2D eigenvalue weighted by Crippen LogP contribution is -2.52. The Morgan fingerprint density at radius 1 is 1.41 bits per heavy atom. The van der Waals surface area contributed by atoms with Crippen molar-refractivity contribution in [2.75, 3.05) is 5.75 Å². The molecule has 1 aromatic rings. The van der Waals surface area contributed by atoms with Gasteiger partial charge in [0.05, 0.1) is 35.5 Å². The highest BCUT2D eigenvalue weighted by Crippen LogP contribution is 2.26. The van der Waals surface area contributed by atoms with E-state index >= 15 is 0 Å². The Hall–Kier alpha value is -0.870. The first-order valence-corrected chi connectivity index (χ1v) is 6.35. The Labute approximate surface area is 99.0 Å². The SMILES string of the molecule is O=S1C[C@@H](O)[C@H](O)[C@@H](O)[C@@H]1n1cc(CO)nn1. The lowest BCUT2D eigenvalue weighted by molar-refractivity contribution is -0.0660. The standard InChI is InChI=1S/C8H13N3O5S/c12-2-4-1-11(10-9-4)8-7(15)6(14)5(13)3-17(8)16/h1,5-8,12-15H,2-3H2/t5-,6+,7-,8-,17?/m1/s1. The second kappa shape index (κ2) is 4.78. The molecular weight excluding hydrogens is 250 g/mol. The number of aliphatic hydroxyl groups is 4. The van der Waals surface area contributed by atoms with E-state index in [4.69, 9.17) is 5.11 Å². The van der Waals surface area contributed by atoms with Gasteiger partial charge in [-0.25, -0.2) is 4.68 Å². The van der Waals surface area contributed by atoms with Crippen LogP contribution < -0.4 is 0 Å². The van der Waals surface area contributed by atoms with Crippen molar-refractivity contribution in [3.05, 3.63) is 11.9 Å². The van der Waals surface area contributed by atoms with E-state index < -0.39 is 34.5 Å². The molecule has 1 aliphatic rings. The predicted molar refractivity (Wildman–Crippen MR) is 56.0 cm³/mol. The molecule has 0 saturated carbocycles. The van der Waals surface area contributed by atoms with Crippen molar-refractivity contribution in [1.82, 2.24) is 15.0 Å². The number of nitrogens with zero attached hydrogens (tertiary/aromatic N) is 3. The zero-order valence-corrected chi connectivity index (χ0v) is 9.56. The highest BCUT2D eigenvalue weighted by atomic mass is 32.2. The van der Waals surface area contributed by atoms with E-state index in [1.54, 1.807) is 0 Å². The van der Waals surface area contributed by atoms with E-state index in [1.807, 2.05) is 0 Å². The summed E-state index contributed by atoms with van der Waals surface area (Å²) in [6, 6.07) is 0. The van der Waals surface area contributed by atoms with Gasteiger partial charge in [-0.05, 0) is 0 Å². The fourth-order valence-corrected chi connectivity index (χ4v) is 3.25. The maximum atomic E-state index is 11.8. The van der Waals surface area contributed by atoms with Crippen molar-refractivity contribution in [2.45, 2.75) is 30.3 Å². The predicted octanol–water partition coefficient (Wildman–Crippen LogP) is -2.89. The van der Waals surface area contributed by atoms with Gasteiger partial charge in [-0.3, -0.25) is 4.21 Å². The molecule has 2 rings (SSSR count). The average Bonchev–Trinajstić information content (AvgIpc) is 2.74. The summed E-state index contributed by atoms with van der Waals surface area (Å²) in [6.45, 7) is -0.319. The monoisotopic (exact) mass is 263 g/mol. The summed E-state index contributed by atoms with van der Waals surface area (Å²) in [5.41, 5.74) is 0.273. The van der Waals surface area contributed by atoms with Crippen LogP contribution >= 0.6 is 0 Å². The molecule has 1 saturated heterocycles. The molecule has 1 aliphatic heterocycles. The van der Waals surface area contributed by atoms with Gasteiger partial charge in [0.25, 0.3) is 0 Å². The Balaban J connectivity index is 2.27. The van der Waals surface area contributed by atoms with E-state index in [0.717, 1.165) is 4.68 Å². The lowest BCUT2D eigenvalue weighted by atomic mass is 10.1. The molecule has 0 radical (unpaired) electrons. The molecule has 0 bridgehead atoms. The van der Waals surface area contributed by atoms with Crippen LogP contribution in [0.4, 0.5) is 0 Å². The maximum absolute atomic E-state index is 11.8. The molecule has 17 heavy (non-hydrogen) atoms. The molecule has 0 aliphatic carbocycles. The minimum absolute atomic E-state index is 0.142. The summed E-state index contributed by atoms with van der Waals surface area (Å²) in [7, 11) is -1.58. The van der Waals surface area contributed by atoms with Crippen molar-refractivity contribution >= 4 is 10.8 Å². The van der Waals surface area contributed by atoms with Gasteiger partial charge in [0, 0.05) is 0 Å². The fourth-order valence-electron chi connectivity index (χ4n) is 1.70. The Morgan fingerprint density at radius 2 is 2.12 bits per heavy atom. The molecule has 0 aromatic carbocycles. The molecule has 4 N–H and O–H groups in total. The minimum Gasteiger partial charge on any atom is -0.390 e. The van der Waals surface area contributed by atoms with E-state index in [9.17, 15) is 19.5 Å². The van der Waals surface area contributed by atoms with Gasteiger partial charge in [0.15, 0.2) is 5.37 Å². The van der Waals surface area contributed by atoms with Gasteiger partial charge in [-0.15, -0.1) is 5.10 Å². The first kappa shape index (κ1) is 12.6. The summed E-state index contributed by atoms with van der Waals surface area (Å²) in [5.74, 6) is -0.142. The number of aliphatic hydroxyl groups excluding tert-OH is 4. The van der Waals surface area contributed by atoms with Crippen LogP contribution in [-0.4, -0.2) is 63.7 Å². The summed E-state index contributed by atoms with van der Waals surface area (Å²) in [6.07, 6.45) is -2.65. The molecule has 9 heteroatoms. The summed E-state index contributed by atoms with van der Waals surface area (Å²) in [4.78, 5) is 0. The highest BCUT2D eigenvalue weighted by Gasteiger charge is 2.43. The third-order valence-electron chi connectivity index (χ3n) is 2.62. The topological polar surface area (TPSA) is 129 Å². The van der Waals surface area contributed by atoms with Crippen LogP contribution in [-0.2, 0) is 17.4 Å². The Bertz CT molecular complexity index is 425. The molecule has 5 atom stereocenters. The quantitative estimate of drug-likeness (QED) is 0.451. The molecule has 8 nitrogen and oxygen atoms in total. The second-order valence-electron chi connectivity index (χ2n) is 3.83. The number of hydrogen-bond donors (Lipinski definition) is 4. The summed E-state index contributed by atoms with van der Waals surface area (Å²) < 4.78 is 12.9. The maximum Gasteiger partial charge on any atom is 0.157 e. The smallest absolute Gasteiger partial charge is 0.157 e. The minimum atomic E-state index is -1.58. The van der Waals surface area contributed by atoms with E-state index in [0.29, 0.717) is 0 Å². The molecular formula is C8H13N3O5S. The van der Waals surface area contributed by atoms with Crippen molar-refractivity contribution < 1.29 is 24.6 Å². The second-order valence-corrected chi connectivity index (χ2v) is 5.41. The van der Waals surface area contributed by atoms with Crippen LogP contribution in [0.1, 0.15) is 11.1 Å². The normalized spacial score (nSPS) is 38.2. The molecule has 96 valence electrons. The molecule has 1 aromatic heterocycles. The van der Waals surface area contributed by atoms with Gasteiger partial charge in [0.1, 0.15) is 17.9 Å². The Kier molecular flexibility index (Phi) is 3.54. The van der Waals surface area contributed by atoms with Gasteiger partial charge in [-0.1, -0.05) is 5.21 Å². The molecule has 1 unspecified atom stereocenters. The zero-order chi connectivity index (χ0) is 12.6. The molecule has 0 amide bonds. The zero-order valence-electron chi connectivity index (χ0n) is 8.75. The van der Waals surface area contributed by atoms with Crippen LogP contribution in [0.2, 0.25) is 0 Å². The third-order valence-corrected chi connectivity index (χ3v) is 4.32. The van der Waals surface area contributed by atoms with E-state index in [-0.39, 0.29) is 18.1 Å². The van der Waals surface area contributed by atoms with Gasteiger partial charge in [0.2, 0.25) is 0 Å².